The van der Waals surface area contributed by atoms with E-state index in [0.717, 1.165) is 17.9 Å². The molecule has 2 unspecified atom stereocenters. The number of rotatable bonds is 1. The van der Waals surface area contributed by atoms with Gasteiger partial charge < -0.3 is 5.73 Å². The second-order valence-electron chi connectivity index (χ2n) is 6.98. The van der Waals surface area contributed by atoms with E-state index in [2.05, 4.69) is 4.90 Å². The molecule has 0 aromatic carbocycles. The van der Waals surface area contributed by atoms with Gasteiger partial charge in [0.15, 0.2) is 0 Å². The maximum atomic E-state index is 6.33. The van der Waals surface area contributed by atoms with E-state index in [1.54, 1.807) is 0 Å². The van der Waals surface area contributed by atoms with Crippen molar-refractivity contribution in [3.8, 4) is 0 Å². The smallest absolute Gasteiger partial charge is 0.0120 e. The first-order valence-corrected chi connectivity index (χ1v) is 8.34. The Morgan fingerprint density at radius 1 is 0.667 bits per heavy atom. The van der Waals surface area contributed by atoms with Crippen LogP contribution in [0.5, 0.6) is 0 Å². The lowest BCUT2D eigenvalue weighted by Gasteiger charge is -2.41. The van der Waals surface area contributed by atoms with Crippen molar-refractivity contribution < 1.29 is 0 Å². The second kappa shape index (κ2) is 5.92. The van der Waals surface area contributed by atoms with Crippen LogP contribution in [0.15, 0.2) is 0 Å². The summed E-state index contributed by atoms with van der Waals surface area (Å²) in [7, 11) is 0. The molecule has 2 saturated carbocycles. The Labute approximate surface area is 112 Å². The van der Waals surface area contributed by atoms with Gasteiger partial charge in [0.1, 0.15) is 0 Å². The number of hydrogen-bond acceptors (Lipinski definition) is 2. The lowest BCUT2D eigenvalue weighted by molar-refractivity contribution is 0.0898. The fraction of sp³-hybridized carbons (Fsp3) is 1.00. The predicted octanol–water partition coefficient (Wildman–Crippen LogP) is 3.16. The van der Waals surface area contributed by atoms with E-state index in [4.69, 9.17) is 5.73 Å². The van der Waals surface area contributed by atoms with Gasteiger partial charge in [-0.15, -0.1) is 0 Å². The molecular weight excluding hydrogens is 220 g/mol. The largest absolute Gasteiger partial charge is 0.327 e. The monoisotopic (exact) mass is 250 g/mol. The van der Waals surface area contributed by atoms with E-state index in [1.807, 2.05) is 0 Å². The highest BCUT2D eigenvalue weighted by atomic mass is 15.2. The molecule has 2 aliphatic carbocycles. The summed E-state index contributed by atoms with van der Waals surface area (Å²) in [5.74, 6) is 1.63. The molecule has 0 radical (unpaired) electrons. The van der Waals surface area contributed by atoms with E-state index >= 15 is 0 Å². The van der Waals surface area contributed by atoms with Crippen molar-refractivity contribution in [2.45, 2.75) is 76.3 Å². The standard InChI is InChI=1S/C16H30N2/c17-16-13-9-10-14(16)12-18(11-13)15-7-5-3-1-2-4-6-8-15/h13-16H,1-12,17H2. The third-order valence-corrected chi connectivity index (χ3v) is 5.78. The highest BCUT2D eigenvalue weighted by Crippen LogP contribution is 2.37. The van der Waals surface area contributed by atoms with Gasteiger partial charge in [0.05, 0.1) is 0 Å². The number of nitrogens with two attached hydrogens (primary N) is 1. The molecule has 3 fully saturated rings. The highest BCUT2D eigenvalue weighted by Gasteiger charge is 2.41. The number of nitrogens with zero attached hydrogens (tertiary/aromatic N) is 1. The average molecular weight is 250 g/mol. The predicted molar refractivity (Wildman–Crippen MR) is 76.5 cm³/mol. The van der Waals surface area contributed by atoms with E-state index in [-0.39, 0.29) is 0 Å². The molecule has 2 bridgehead atoms. The molecule has 0 aromatic heterocycles. The molecule has 0 amide bonds. The van der Waals surface area contributed by atoms with E-state index in [0.29, 0.717) is 6.04 Å². The molecule has 1 aliphatic heterocycles. The molecule has 3 aliphatic rings. The summed E-state index contributed by atoms with van der Waals surface area (Å²) in [6.07, 6.45) is 14.5. The topological polar surface area (TPSA) is 29.3 Å². The normalized spacial score (nSPS) is 40.2. The van der Waals surface area contributed by atoms with Crippen LogP contribution in [-0.2, 0) is 0 Å². The summed E-state index contributed by atoms with van der Waals surface area (Å²) in [6, 6.07) is 1.41. The molecule has 0 aromatic rings. The second-order valence-corrected chi connectivity index (χ2v) is 6.98. The molecule has 2 nitrogen and oxygen atoms in total. The third kappa shape index (κ3) is 2.75. The Morgan fingerprint density at radius 2 is 1.17 bits per heavy atom. The minimum absolute atomic E-state index is 0.526. The van der Waals surface area contributed by atoms with Crippen molar-refractivity contribution in [3.05, 3.63) is 0 Å². The molecule has 0 spiro atoms. The quantitative estimate of drug-likeness (QED) is 0.774. The summed E-state index contributed by atoms with van der Waals surface area (Å²) in [5.41, 5.74) is 6.33. The summed E-state index contributed by atoms with van der Waals surface area (Å²) in [5, 5.41) is 0. The van der Waals surface area contributed by atoms with Gasteiger partial charge in [0.2, 0.25) is 0 Å². The third-order valence-electron chi connectivity index (χ3n) is 5.78. The number of hydrogen-bond donors (Lipinski definition) is 1. The van der Waals surface area contributed by atoms with Crippen LogP contribution < -0.4 is 5.73 Å². The Balaban J connectivity index is 1.59. The van der Waals surface area contributed by atoms with Crippen LogP contribution in [0, 0.1) is 11.8 Å². The fourth-order valence-electron chi connectivity index (χ4n) is 4.58. The molecule has 2 N–H and O–H groups in total. The van der Waals surface area contributed by atoms with Gasteiger partial charge in [-0.05, 0) is 37.5 Å². The van der Waals surface area contributed by atoms with Crippen molar-refractivity contribution in [1.29, 1.82) is 0 Å². The minimum atomic E-state index is 0.526. The zero-order valence-corrected chi connectivity index (χ0v) is 11.8. The molecule has 1 saturated heterocycles. The van der Waals surface area contributed by atoms with Crippen LogP contribution >= 0.6 is 0 Å². The van der Waals surface area contributed by atoms with Crippen molar-refractivity contribution >= 4 is 0 Å². The fourth-order valence-corrected chi connectivity index (χ4v) is 4.58. The molecular formula is C16H30N2. The molecule has 2 atom stereocenters. The first-order chi connectivity index (χ1) is 8.84. The summed E-state index contributed by atoms with van der Waals surface area (Å²) >= 11 is 0. The number of likely N-dealkylation sites (tertiary alicyclic amines) is 1. The minimum Gasteiger partial charge on any atom is -0.327 e. The van der Waals surface area contributed by atoms with Crippen LogP contribution in [0.1, 0.15) is 64.2 Å². The van der Waals surface area contributed by atoms with Gasteiger partial charge in [-0.1, -0.05) is 38.5 Å². The highest BCUT2D eigenvalue weighted by molar-refractivity contribution is 4.96. The van der Waals surface area contributed by atoms with Gasteiger partial charge in [0.25, 0.3) is 0 Å². The van der Waals surface area contributed by atoms with Gasteiger partial charge in [-0.3, -0.25) is 4.90 Å². The lowest BCUT2D eigenvalue weighted by atomic mass is 9.90. The summed E-state index contributed by atoms with van der Waals surface area (Å²) in [6.45, 7) is 2.62. The van der Waals surface area contributed by atoms with Gasteiger partial charge in [0, 0.05) is 25.2 Å². The first kappa shape index (κ1) is 12.9. The number of fused-ring (bicyclic) bond motifs is 2. The molecule has 104 valence electrons. The van der Waals surface area contributed by atoms with Crippen LogP contribution in [0.25, 0.3) is 0 Å². The van der Waals surface area contributed by atoms with Crippen molar-refractivity contribution in [1.82, 2.24) is 4.90 Å². The average Bonchev–Trinajstić information content (AvgIpc) is 2.64. The van der Waals surface area contributed by atoms with Crippen LogP contribution in [0.4, 0.5) is 0 Å². The maximum absolute atomic E-state index is 6.33. The SMILES string of the molecule is NC1C2CCC1CN(C1CCCCCCCC1)C2. The van der Waals surface area contributed by atoms with Gasteiger partial charge >= 0.3 is 0 Å². The van der Waals surface area contributed by atoms with Crippen molar-refractivity contribution in [3.63, 3.8) is 0 Å². The molecule has 18 heavy (non-hydrogen) atoms. The van der Waals surface area contributed by atoms with Crippen molar-refractivity contribution in [2.24, 2.45) is 17.6 Å². The van der Waals surface area contributed by atoms with Crippen LogP contribution in [0.2, 0.25) is 0 Å². The van der Waals surface area contributed by atoms with Gasteiger partial charge in [-0.25, -0.2) is 0 Å². The van der Waals surface area contributed by atoms with Crippen molar-refractivity contribution in [2.75, 3.05) is 13.1 Å². The lowest BCUT2D eigenvalue weighted by Crippen LogP contribution is -2.52. The molecule has 3 rings (SSSR count). The summed E-state index contributed by atoms with van der Waals surface area (Å²) < 4.78 is 0. The zero-order valence-electron chi connectivity index (χ0n) is 11.8. The van der Waals surface area contributed by atoms with E-state index in [1.165, 1.54) is 77.3 Å². The van der Waals surface area contributed by atoms with Gasteiger partial charge in [-0.2, -0.15) is 0 Å². The zero-order chi connectivity index (χ0) is 12.4. The number of piperidine rings is 1. The Morgan fingerprint density at radius 3 is 1.72 bits per heavy atom. The maximum Gasteiger partial charge on any atom is 0.0120 e. The van der Waals surface area contributed by atoms with E-state index < -0.39 is 0 Å². The molecule has 2 heteroatoms. The first-order valence-electron chi connectivity index (χ1n) is 8.34. The van der Waals surface area contributed by atoms with E-state index in [9.17, 15) is 0 Å². The summed E-state index contributed by atoms with van der Waals surface area (Å²) in [4.78, 5) is 2.83. The van der Waals surface area contributed by atoms with Crippen LogP contribution in [0.3, 0.4) is 0 Å². The Hall–Kier alpha value is -0.0800. The van der Waals surface area contributed by atoms with Crippen LogP contribution in [-0.4, -0.2) is 30.1 Å². The Kier molecular flexibility index (Phi) is 4.25. The molecule has 1 heterocycles. The Bertz CT molecular complexity index is 242.